The average molecular weight is 733 g/mol. The Kier molecular flexibility index (Phi) is 15.9. The van der Waals surface area contributed by atoms with Gasteiger partial charge in [0.25, 0.3) is 0 Å². The summed E-state index contributed by atoms with van der Waals surface area (Å²) in [5, 5.41) is 9.53. The summed E-state index contributed by atoms with van der Waals surface area (Å²) >= 11 is 0. The van der Waals surface area contributed by atoms with Gasteiger partial charge >= 0.3 is 5.97 Å². The van der Waals surface area contributed by atoms with Crippen molar-refractivity contribution in [1.82, 2.24) is 0 Å². The lowest BCUT2D eigenvalue weighted by Gasteiger charge is -2.41. The number of carbonyl (C=O) groups is 1. The fourth-order valence-electron chi connectivity index (χ4n) is 6.19. The van der Waals surface area contributed by atoms with Gasteiger partial charge in [-0.05, 0) is 123 Å². The zero-order chi connectivity index (χ0) is 37.5. The summed E-state index contributed by atoms with van der Waals surface area (Å²) in [5.74, 6) is -0.00323. The van der Waals surface area contributed by atoms with Gasteiger partial charge in [0.15, 0.2) is 25.0 Å². The smallest absolute Gasteiger partial charge is 0.303 e. The van der Waals surface area contributed by atoms with E-state index in [-0.39, 0.29) is 39.8 Å². The summed E-state index contributed by atoms with van der Waals surface area (Å²) in [6.07, 6.45) is 12.7. The molecule has 1 N–H and O–H groups in total. The van der Waals surface area contributed by atoms with Crippen LogP contribution in [0.1, 0.15) is 119 Å². The molecule has 1 saturated carbocycles. The van der Waals surface area contributed by atoms with Crippen molar-refractivity contribution in [3.05, 3.63) is 48.0 Å². The quantitative estimate of drug-likeness (QED) is 0.0925. The van der Waals surface area contributed by atoms with Crippen LogP contribution in [0.3, 0.4) is 0 Å². The standard InChI is InChI=1S/C41H76O5Si3/c1-39(2,3)47(10,11)44-33(28-27-32-23-19-18-20-24-32)29-30-35-34(25-21-16-17-22-26-38(42)43)36(45-48(12,13)40(4,5)6)31-37(35)46-49(14,15)41(7,8)9/h16,18-21,23-24,33-37H,17,22,25-31H2,1-15H3,(H,42,43)/b21-16-/t33-,34+,35+,36+,37+/m0/s1. The number of aryl methyl sites for hydroxylation is 1. The third-order valence-corrected chi connectivity index (χ3v) is 26.0. The van der Waals surface area contributed by atoms with E-state index in [1.807, 2.05) is 0 Å². The maximum Gasteiger partial charge on any atom is 0.303 e. The van der Waals surface area contributed by atoms with Gasteiger partial charge in [-0.15, -0.1) is 0 Å². The number of rotatable bonds is 18. The normalized spacial score (nSPS) is 22.2. The van der Waals surface area contributed by atoms with Crippen LogP contribution in [-0.4, -0.2) is 54.3 Å². The summed E-state index contributed by atoms with van der Waals surface area (Å²) in [6, 6.07) is 10.9. The van der Waals surface area contributed by atoms with Gasteiger partial charge in [-0.25, -0.2) is 0 Å². The number of allylic oxidation sites excluding steroid dienone is 2. The Labute approximate surface area is 305 Å². The molecule has 1 aliphatic carbocycles. The molecule has 0 bridgehead atoms. The van der Waals surface area contributed by atoms with Crippen LogP contribution in [0, 0.1) is 11.8 Å². The van der Waals surface area contributed by atoms with Gasteiger partial charge in [-0.3, -0.25) is 4.79 Å². The number of hydrogen-bond acceptors (Lipinski definition) is 4. The average Bonchev–Trinajstić information content (AvgIpc) is 3.24. The second kappa shape index (κ2) is 17.7. The van der Waals surface area contributed by atoms with Gasteiger partial charge < -0.3 is 18.4 Å². The van der Waals surface area contributed by atoms with Gasteiger partial charge in [0, 0.05) is 12.5 Å². The molecule has 1 aromatic carbocycles. The molecule has 49 heavy (non-hydrogen) atoms. The largest absolute Gasteiger partial charge is 0.481 e. The van der Waals surface area contributed by atoms with Crippen molar-refractivity contribution >= 4 is 30.9 Å². The number of carboxylic acids is 1. The number of aliphatic carboxylic acids is 1. The molecule has 0 unspecified atom stereocenters. The van der Waals surface area contributed by atoms with Gasteiger partial charge in [0.05, 0.1) is 12.2 Å². The number of carboxylic acid groups (broad SMARTS) is 1. The lowest BCUT2D eigenvalue weighted by atomic mass is 9.85. The molecule has 0 heterocycles. The number of unbranched alkanes of at least 4 members (excludes halogenated alkanes) is 1. The van der Waals surface area contributed by atoms with Gasteiger partial charge in [0.1, 0.15) is 0 Å². The molecule has 5 atom stereocenters. The predicted molar refractivity (Wildman–Crippen MR) is 217 cm³/mol. The molecule has 5 nitrogen and oxygen atoms in total. The fraction of sp³-hybridized carbons (Fsp3) is 0.780. The first kappa shape index (κ1) is 44.1. The molecule has 8 heteroatoms. The Morgan fingerprint density at radius 3 is 1.78 bits per heavy atom. The van der Waals surface area contributed by atoms with Crippen LogP contribution in [0.25, 0.3) is 0 Å². The molecule has 0 aromatic heterocycles. The van der Waals surface area contributed by atoms with Crippen LogP contribution in [0.4, 0.5) is 0 Å². The van der Waals surface area contributed by atoms with E-state index in [2.05, 4.69) is 144 Å². The van der Waals surface area contributed by atoms with E-state index in [0.29, 0.717) is 18.3 Å². The van der Waals surface area contributed by atoms with Gasteiger partial charge in [0.2, 0.25) is 0 Å². The van der Waals surface area contributed by atoms with E-state index < -0.39 is 30.9 Å². The second-order valence-electron chi connectivity index (χ2n) is 19.5. The van der Waals surface area contributed by atoms with Crippen LogP contribution < -0.4 is 0 Å². The minimum atomic E-state index is -2.05. The highest BCUT2D eigenvalue weighted by molar-refractivity contribution is 6.75. The topological polar surface area (TPSA) is 65.0 Å². The van der Waals surface area contributed by atoms with E-state index in [9.17, 15) is 4.79 Å². The predicted octanol–water partition coefficient (Wildman–Crippen LogP) is 12.4. The van der Waals surface area contributed by atoms with E-state index in [4.69, 9.17) is 18.4 Å². The molecule has 2 rings (SSSR count). The Morgan fingerprint density at radius 1 is 0.776 bits per heavy atom. The first-order chi connectivity index (χ1) is 22.3. The van der Waals surface area contributed by atoms with Crippen LogP contribution >= 0.6 is 0 Å². The maximum absolute atomic E-state index is 11.1. The molecule has 0 amide bonds. The van der Waals surface area contributed by atoms with Crippen molar-refractivity contribution in [3.63, 3.8) is 0 Å². The van der Waals surface area contributed by atoms with Crippen molar-refractivity contribution in [2.24, 2.45) is 11.8 Å². The fourth-order valence-corrected chi connectivity index (χ4v) is 10.4. The van der Waals surface area contributed by atoms with E-state index in [0.717, 1.165) is 44.9 Å². The SMILES string of the molecule is CC(C)(C)[Si](C)(C)O[C@@H](CCc1ccccc1)CC[C@@H]1[C@@H](C/C=C\CCCC(=O)O)[C@H](O[Si](C)(C)C(C)(C)C)C[C@H]1O[Si](C)(C)C(C)(C)C. The first-order valence-electron chi connectivity index (χ1n) is 19.2. The minimum absolute atomic E-state index is 0.123. The monoisotopic (exact) mass is 733 g/mol. The van der Waals surface area contributed by atoms with Crippen LogP contribution in [0.5, 0.6) is 0 Å². The summed E-state index contributed by atoms with van der Waals surface area (Å²) in [4.78, 5) is 11.1. The van der Waals surface area contributed by atoms with Crippen molar-refractivity contribution in [2.45, 2.75) is 193 Å². The Bertz CT molecular complexity index is 1170. The Balaban J connectivity index is 2.49. The van der Waals surface area contributed by atoms with Crippen molar-refractivity contribution in [2.75, 3.05) is 0 Å². The second-order valence-corrected chi connectivity index (χ2v) is 33.8. The van der Waals surface area contributed by atoms with Crippen LogP contribution in [-0.2, 0) is 24.5 Å². The third kappa shape index (κ3) is 13.5. The summed E-state index contributed by atoms with van der Waals surface area (Å²) in [6.45, 7) is 35.4. The summed E-state index contributed by atoms with van der Waals surface area (Å²) in [7, 11) is -6.07. The molecule has 1 aromatic rings. The number of hydrogen-bond donors (Lipinski definition) is 1. The lowest BCUT2D eigenvalue weighted by Crippen LogP contribution is -2.45. The molecule has 0 saturated heterocycles. The lowest BCUT2D eigenvalue weighted by molar-refractivity contribution is -0.137. The van der Waals surface area contributed by atoms with Gasteiger partial charge in [-0.2, -0.15) is 0 Å². The van der Waals surface area contributed by atoms with E-state index in [1.165, 1.54) is 5.56 Å². The molecule has 282 valence electrons. The Morgan fingerprint density at radius 2 is 1.29 bits per heavy atom. The molecular weight excluding hydrogens is 657 g/mol. The highest BCUT2D eigenvalue weighted by Gasteiger charge is 2.51. The van der Waals surface area contributed by atoms with Crippen molar-refractivity contribution in [1.29, 1.82) is 0 Å². The molecule has 1 aliphatic rings. The summed E-state index contributed by atoms with van der Waals surface area (Å²) < 4.78 is 21.9. The highest BCUT2D eigenvalue weighted by atomic mass is 28.4. The van der Waals surface area contributed by atoms with Crippen molar-refractivity contribution in [3.8, 4) is 0 Å². The highest BCUT2D eigenvalue weighted by Crippen LogP contribution is 2.49. The number of benzene rings is 1. The van der Waals surface area contributed by atoms with E-state index >= 15 is 0 Å². The van der Waals surface area contributed by atoms with Crippen molar-refractivity contribution < 1.29 is 23.2 Å². The molecule has 0 radical (unpaired) electrons. The zero-order valence-corrected chi connectivity index (χ0v) is 37.4. The molecule has 0 aliphatic heterocycles. The van der Waals surface area contributed by atoms with Crippen LogP contribution in [0.15, 0.2) is 42.5 Å². The molecular formula is C41H76O5Si3. The van der Waals surface area contributed by atoms with Gasteiger partial charge in [-0.1, -0.05) is 105 Å². The first-order valence-corrected chi connectivity index (χ1v) is 27.9. The molecule has 1 fully saturated rings. The minimum Gasteiger partial charge on any atom is -0.481 e. The zero-order valence-electron chi connectivity index (χ0n) is 34.4. The Hall–Kier alpha value is -1.04. The maximum atomic E-state index is 11.1. The van der Waals surface area contributed by atoms with Crippen LogP contribution in [0.2, 0.25) is 54.4 Å². The summed E-state index contributed by atoms with van der Waals surface area (Å²) in [5.41, 5.74) is 1.38. The van der Waals surface area contributed by atoms with E-state index in [1.54, 1.807) is 0 Å². The molecule has 0 spiro atoms. The third-order valence-electron chi connectivity index (χ3n) is 12.5.